The minimum absolute atomic E-state index is 0.307. The van der Waals surface area contributed by atoms with E-state index in [2.05, 4.69) is 15.2 Å². The van der Waals surface area contributed by atoms with Crippen molar-refractivity contribution in [2.24, 2.45) is 0 Å². The number of anilines is 1. The van der Waals surface area contributed by atoms with Crippen LogP contribution in [0.2, 0.25) is 0 Å². The van der Waals surface area contributed by atoms with Crippen molar-refractivity contribution < 1.29 is 28.9 Å². The number of benzene rings is 3. The summed E-state index contributed by atoms with van der Waals surface area (Å²) >= 11 is 0. The van der Waals surface area contributed by atoms with E-state index in [-0.39, 0.29) is 11.7 Å². The highest BCUT2D eigenvalue weighted by molar-refractivity contribution is 6.04. The smallest absolute Gasteiger partial charge is 0.320 e. The van der Waals surface area contributed by atoms with Gasteiger partial charge in [-0.3, -0.25) is 24.4 Å². The molecular formula is C44H49FN4O5. The summed E-state index contributed by atoms with van der Waals surface area (Å²) < 4.78 is 21.4. The molecular weight excluding hydrogens is 684 g/mol. The van der Waals surface area contributed by atoms with Gasteiger partial charge in [-0.25, -0.2) is 4.39 Å². The van der Waals surface area contributed by atoms with Gasteiger partial charge in [0.1, 0.15) is 23.3 Å². The van der Waals surface area contributed by atoms with E-state index in [9.17, 15) is 19.8 Å². The number of amides is 1. The van der Waals surface area contributed by atoms with Crippen molar-refractivity contribution in [1.29, 1.82) is 0 Å². The number of rotatable bonds is 12. The van der Waals surface area contributed by atoms with Crippen molar-refractivity contribution in [3.05, 3.63) is 111 Å². The lowest BCUT2D eigenvalue weighted by Crippen LogP contribution is -2.59. The molecule has 7 rings (SSSR count). The summed E-state index contributed by atoms with van der Waals surface area (Å²) in [6.45, 7) is 8.79. The minimum atomic E-state index is -0.784. The quantitative estimate of drug-likeness (QED) is 0.126. The summed E-state index contributed by atoms with van der Waals surface area (Å²) in [5.74, 6) is -0.514. The Hall–Kier alpha value is -4.90. The largest absolute Gasteiger partial charge is 0.496 e. The van der Waals surface area contributed by atoms with Crippen LogP contribution in [0.25, 0.3) is 23.0 Å². The van der Waals surface area contributed by atoms with Gasteiger partial charge in [-0.2, -0.15) is 0 Å². The number of aliphatic carboxylic acids is 1. The second-order valence-electron chi connectivity index (χ2n) is 15.5. The molecule has 1 aromatic heterocycles. The number of nitrogens with one attached hydrogen (secondary N) is 1. The van der Waals surface area contributed by atoms with Crippen LogP contribution >= 0.6 is 0 Å². The number of carboxylic acid groups (broad SMARTS) is 1. The Labute approximate surface area is 316 Å². The van der Waals surface area contributed by atoms with Crippen LogP contribution in [0.5, 0.6) is 5.75 Å². The molecule has 3 aromatic carbocycles. The number of carbonyl (C=O) groups excluding carboxylic acids is 1. The van der Waals surface area contributed by atoms with Crippen LogP contribution in [0.1, 0.15) is 94.4 Å². The number of nitrogens with zero attached hydrogens (tertiary/aromatic N) is 3. The highest BCUT2D eigenvalue weighted by atomic mass is 19.1. The first-order valence-corrected chi connectivity index (χ1v) is 18.9. The average Bonchev–Trinajstić information content (AvgIpc) is 3.99. The molecule has 1 atom stereocenters. The number of aliphatic hydroxyl groups is 1. The van der Waals surface area contributed by atoms with Crippen LogP contribution in [0.3, 0.4) is 0 Å². The number of likely N-dealkylation sites (tertiary alicyclic amines) is 2. The number of hydrogen-bond acceptors (Lipinski definition) is 7. The van der Waals surface area contributed by atoms with Crippen LogP contribution in [0.15, 0.2) is 66.9 Å². The molecule has 1 aliphatic carbocycles. The summed E-state index contributed by atoms with van der Waals surface area (Å²) in [4.78, 5) is 34.3. The number of carboxylic acids is 1. The molecule has 9 nitrogen and oxygen atoms in total. The highest BCUT2D eigenvalue weighted by Gasteiger charge is 2.36. The Morgan fingerprint density at radius 2 is 1.72 bits per heavy atom. The van der Waals surface area contributed by atoms with Crippen LogP contribution in [0.4, 0.5) is 10.1 Å². The van der Waals surface area contributed by atoms with Gasteiger partial charge in [-0.15, -0.1) is 0 Å². The Morgan fingerprint density at radius 3 is 2.43 bits per heavy atom. The fraction of sp³-hybridized carbons (Fsp3) is 0.386. The predicted octanol–water partition coefficient (Wildman–Crippen LogP) is 7.98. The molecule has 54 heavy (non-hydrogen) atoms. The van der Waals surface area contributed by atoms with E-state index >= 15 is 4.39 Å². The van der Waals surface area contributed by atoms with Crippen molar-refractivity contribution in [3.8, 4) is 16.9 Å². The molecule has 0 unspecified atom stereocenters. The first-order chi connectivity index (χ1) is 25.9. The second-order valence-corrected chi connectivity index (χ2v) is 15.5. The fourth-order valence-corrected chi connectivity index (χ4v) is 8.07. The van der Waals surface area contributed by atoms with E-state index in [0.29, 0.717) is 61.2 Å². The Bertz CT molecular complexity index is 2100. The van der Waals surface area contributed by atoms with Crippen LogP contribution < -0.4 is 10.1 Å². The number of methoxy groups -OCH3 is 1. The molecule has 4 aromatic rings. The number of ether oxygens (including phenoxy) is 1. The molecule has 10 heteroatoms. The van der Waals surface area contributed by atoms with E-state index in [4.69, 9.17) is 4.74 Å². The fourth-order valence-electron chi connectivity index (χ4n) is 8.07. The zero-order valence-corrected chi connectivity index (χ0v) is 31.5. The molecule has 3 aliphatic rings. The number of β-amino-alcohol motifs (C(OH)–C–C–N with tert-alkyl or cyclic N) is 1. The molecule has 0 bridgehead atoms. The SMILES string of the molecule is COc1cc(/C(F)=C/c2cccc(-c3cccc(NC(=O)c4cc(C5CC5)c(CN5CCCC[C@H]5C(=O)O)cn4)c3C)c2C)ccc1CN1CC(C)(O)C1. The third-order valence-corrected chi connectivity index (χ3v) is 11.2. The Balaban J connectivity index is 1.08. The normalized spacial score (nSPS) is 18.9. The first kappa shape index (κ1) is 37.4. The lowest BCUT2D eigenvalue weighted by atomic mass is 9.92. The molecule has 1 amide bonds. The Morgan fingerprint density at radius 1 is 0.981 bits per heavy atom. The zero-order valence-electron chi connectivity index (χ0n) is 31.5. The number of carbonyl (C=O) groups is 2. The van der Waals surface area contributed by atoms with Gasteiger partial charge in [-0.05, 0) is 122 Å². The zero-order chi connectivity index (χ0) is 38.1. The number of halogens is 1. The molecule has 3 heterocycles. The monoisotopic (exact) mass is 732 g/mol. The maximum absolute atomic E-state index is 15.8. The van der Waals surface area contributed by atoms with E-state index in [0.717, 1.165) is 76.7 Å². The van der Waals surface area contributed by atoms with Gasteiger partial charge in [0.2, 0.25) is 0 Å². The van der Waals surface area contributed by atoms with Gasteiger partial charge in [-0.1, -0.05) is 48.9 Å². The molecule has 0 radical (unpaired) electrons. The Kier molecular flexibility index (Phi) is 10.7. The summed E-state index contributed by atoms with van der Waals surface area (Å²) in [6.07, 6.45) is 7.93. The van der Waals surface area contributed by atoms with Crippen molar-refractivity contribution in [2.45, 2.75) is 83.5 Å². The molecule has 2 saturated heterocycles. The number of aromatic nitrogens is 1. The number of pyridine rings is 1. The third kappa shape index (κ3) is 8.11. The second kappa shape index (κ2) is 15.5. The van der Waals surface area contributed by atoms with Gasteiger partial charge in [0.15, 0.2) is 0 Å². The maximum Gasteiger partial charge on any atom is 0.320 e. The molecule has 1 saturated carbocycles. The number of hydrogen-bond donors (Lipinski definition) is 3. The lowest BCUT2D eigenvalue weighted by molar-refractivity contribution is -0.144. The average molecular weight is 733 g/mol. The van der Waals surface area contributed by atoms with Crippen LogP contribution in [-0.2, 0) is 17.9 Å². The van der Waals surface area contributed by atoms with E-state index in [1.807, 2.05) is 74.2 Å². The maximum atomic E-state index is 15.8. The molecule has 3 fully saturated rings. The van der Waals surface area contributed by atoms with Gasteiger partial charge in [0.25, 0.3) is 5.91 Å². The topological polar surface area (TPSA) is 115 Å². The molecule has 0 spiro atoms. The molecule has 282 valence electrons. The van der Waals surface area contributed by atoms with E-state index < -0.39 is 17.6 Å². The van der Waals surface area contributed by atoms with Gasteiger partial charge >= 0.3 is 5.97 Å². The number of piperidine rings is 1. The minimum Gasteiger partial charge on any atom is -0.496 e. The summed E-state index contributed by atoms with van der Waals surface area (Å²) in [6, 6.07) is 18.3. The lowest BCUT2D eigenvalue weighted by Gasteiger charge is -2.44. The predicted molar refractivity (Wildman–Crippen MR) is 209 cm³/mol. The van der Waals surface area contributed by atoms with Gasteiger partial charge < -0.3 is 20.3 Å². The highest BCUT2D eigenvalue weighted by Crippen LogP contribution is 2.42. The summed E-state index contributed by atoms with van der Waals surface area (Å²) in [5.41, 5.74) is 8.12. The summed E-state index contributed by atoms with van der Waals surface area (Å²) in [5, 5.41) is 23.0. The van der Waals surface area contributed by atoms with Crippen molar-refractivity contribution >= 4 is 29.5 Å². The van der Waals surface area contributed by atoms with Crippen LogP contribution in [-0.4, -0.2) is 75.3 Å². The van der Waals surface area contributed by atoms with Crippen LogP contribution in [0, 0.1) is 13.8 Å². The van der Waals surface area contributed by atoms with E-state index in [1.165, 1.54) is 0 Å². The standard InChI is InChI=1S/C44H49FN4O5/c1-27-30(19-37(45)31-16-17-32(41(20-31)54-4)23-48-25-44(3,53)26-48)9-7-10-34(27)35-11-8-12-38(28(35)2)47-42(50)39-21-36(29-14-15-29)33(22-46-39)24-49-18-6-5-13-40(49)43(51)52/h7-12,16-17,19-22,29,40,53H,5-6,13-15,18,23-26H2,1-4H3,(H,47,50)(H,51,52)/b37-19-/t40-/m0/s1. The van der Waals surface area contributed by atoms with E-state index in [1.54, 1.807) is 31.5 Å². The van der Waals surface area contributed by atoms with Gasteiger partial charge in [0, 0.05) is 49.2 Å². The van der Waals surface area contributed by atoms with Crippen molar-refractivity contribution in [1.82, 2.24) is 14.8 Å². The summed E-state index contributed by atoms with van der Waals surface area (Å²) in [7, 11) is 1.58. The third-order valence-electron chi connectivity index (χ3n) is 11.2. The van der Waals surface area contributed by atoms with Crippen molar-refractivity contribution in [2.75, 3.05) is 32.1 Å². The van der Waals surface area contributed by atoms with Crippen molar-refractivity contribution in [3.63, 3.8) is 0 Å². The van der Waals surface area contributed by atoms with Gasteiger partial charge in [0.05, 0.1) is 12.7 Å². The molecule has 2 aliphatic heterocycles. The first-order valence-electron chi connectivity index (χ1n) is 18.9. The molecule has 3 N–H and O–H groups in total.